The van der Waals surface area contributed by atoms with Crippen molar-refractivity contribution in [2.45, 2.75) is 19.9 Å². The first-order chi connectivity index (χ1) is 8.65. The van der Waals surface area contributed by atoms with Gasteiger partial charge in [-0.25, -0.2) is 0 Å². The highest BCUT2D eigenvalue weighted by Crippen LogP contribution is 2.12. The van der Waals surface area contributed by atoms with E-state index in [4.69, 9.17) is 10.3 Å². The lowest BCUT2D eigenvalue weighted by Crippen LogP contribution is -2.21. The molecule has 0 aliphatic carbocycles. The van der Waals surface area contributed by atoms with Gasteiger partial charge < -0.3 is 15.2 Å². The Morgan fingerprint density at radius 1 is 1.33 bits per heavy atom. The quantitative estimate of drug-likeness (QED) is 0.821. The van der Waals surface area contributed by atoms with Crippen molar-refractivity contribution in [3.05, 3.63) is 47.3 Å². The Labute approximate surface area is 107 Å². The maximum absolute atomic E-state index is 5.92. The fourth-order valence-electron chi connectivity index (χ4n) is 1.92. The smallest absolute Gasteiger partial charge is 0.133 e. The molecule has 4 heteroatoms. The van der Waals surface area contributed by atoms with Crippen LogP contribution >= 0.6 is 0 Å². The van der Waals surface area contributed by atoms with Crippen LogP contribution < -0.4 is 5.73 Å². The number of anilines is 1. The van der Waals surface area contributed by atoms with Gasteiger partial charge in [0.25, 0.3) is 0 Å². The van der Waals surface area contributed by atoms with Crippen molar-refractivity contribution in [3.8, 4) is 0 Å². The normalized spacial score (nSPS) is 11.1. The molecule has 18 heavy (non-hydrogen) atoms. The van der Waals surface area contributed by atoms with E-state index in [0.717, 1.165) is 36.7 Å². The molecule has 4 nitrogen and oxygen atoms in total. The Balaban J connectivity index is 1.85. The monoisotopic (exact) mass is 245 g/mol. The Kier molecular flexibility index (Phi) is 3.99. The second-order valence-corrected chi connectivity index (χ2v) is 4.62. The zero-order chi connectivity index (χ0) is 13.0. The molecular formula is C14H19N3O. The molecule has 0 amide bonds. The molecule has 0 saturated heterocycles. The van der Waals surface area contributed by atoms with Gasteiger partial charge in [-0.2, -0.15) is 0 Å². The van der Waals surface area contributed by atoms with Crippen molar-refractivity contribution in [1.82, 2.24) is 10.1 Å². The molecule has 1 aromatic heterocycles. The molecule has 0 aliphatic heterocycles. The molecule has 0 unspecified atom stereocenters. The second-order valence-electron chi connectivity index (χ2n) is 4.62. The van der Waals surface area contributed by atoms with Crippen molar-refractivity contribution in [2.24, 2.45) is 0 Å². The predicted molar refractivity (Wildman–Crippen MR) is 72.1 cm³/mol. The summed E-state index contributed by atoms with van der Waals surface area (Å²) in [7, 11) is 2.07. The highest BCUT2D eigenvalue weighted by Gasteiger charge is 2.06. The van der Waals surface area contributed by atoms with Crippen LogP contribution in [0.15, 0.2) is 34.9 Å². The van der Waals surface area contributed by atoms with Gasteiger partial charge in [0, 0.05) is 24.8 Å². The average molecular weight is 245 g/mol. The van der Waals surface area contributed by atoms with Crippen LogP contribution in [0.3, 0.4) is 0 Å². The van der Waals surface area contributed by atoms with Crippen molar-refractivity contribution < 1.29 is 4.52 Å². The molecule has 2 aromatic rings. The van der Waals surface area contributed by atoms with Gasteiger partial charge >= 0.3 is 0 Å². The number of nitrogens with zero attached hydrogens (tertiary/aromatic N) is 2. The van der Waals surface area contributed by atoms with Crippen LogP contribution in [0, 0.1) is 6.92 Å². The number of nitrogens with two attached hydrogens (primary N) is 1. The summed E-state index contributed by atoms with van der Waals surface area (Å²) < 4.78 is 5.05. The number of hydrogen-bond donors (Lipinski definition) is 1. The van der Waals surface area contributed by atoms with Gasteiger partial charge in [-0.3, -0.25) is 0 Å². The topological polar surface area (TPSA) is 55.3 Å². The number of aryl methyl sites for hydroxylation is 1. The maximum Gasteiger partial charge on any atom is 0.133 e. The molecule has 96 valence electrons. The van der Waals surface area contributed by atoms with Crippen molar-refractivity contribution in [3.63, 3.8) is 0 Å². The van der Waals surface area contributed by atoms with Gasteiger partial charge in [-0.15, -0.1) is 0 Å². The van der Waals surface area contributed by atoms with E-state index in [1.54, 1.807) is 0 Å². The molecule has 0 saturated carbocycles. The van der Waals surface area contributed by atoms with Gasteiger partial charge in [0.15, 0.2) is 0 Å². The summed E-state index contributed by atoms with van der Waals surface area (Å²) in [6, 6.07) is 9.96. The minimum atomic E-state index is 0.796. The first kappa shape index (κ1) is 12.6. The Hall–Kier alpha value is -1.81. The minimum Gasteiger partial charge on any atom is -0.399 e. The van der Waals surface area contributed by atoms with E-state index in [9.17, 15) is 0 Å². The molecule has 0 spiro atoms. The molecular weight excluding hydrogens is 226 g/mol. The summed E-state index contributed by atoms with van der Waals surface area (Å²) in [5.41, 5.74) is 8.94. The summed E-state index contributed by atoms with van der Waals surface area (Å²) in [6.45, 7) is 3.64. The van der Waals surface area contributed by atoms with E-state index in [1.165, 1.54) is 5.56 Å². The maximum atomic E-state index is 5.92. The summed E-state index contributed by atoms with van der Waals surface area (Å²) in [5, 5.41) is 3.99. The molecule has 0 bridgehead atoms. The van der Waals surface area contributed by atoms with Crippen LogP contribution in [-0.2, 0) is 13.0 Å². The molecule has 0 radical (unpaired) electrons. The Morgan fingerprint density at radius 3 is 2.78 bits per heavy atom. The second kappa shape index (κ2) is 5.69. The van der Waals surface area contributed by atoms with E-state index in [1.807, 2.05) is 31.2 Å². The van der Waals surface area contributed by atoms with Crippen LogP contribution in [0.4, 0.5) is 5.69 Å². The lowest BCUT2D eigenvalue weighted by atomic mass is 10.1. The van der Waals surface area contributed by atoms with E-state index in [-0.39, 0.29) is 0 Å². The summed E-state index contributed by atoms with van der Waals surface area (Å²) in [4.78, 5) is 2.21. The SMILES string of the molecule is Cc1cc(CN(C)CCc2ccccc2N)no1. The third-order valence-electron chi connectivity index (χ3n) is 2.93. The number of nitrogen functional groups attached to an aromatic ring is 1. The van der Waals surface area contributed by atoms with Crippen LogP contribution in [0.1, 0.15) is 17.0 Å². The Morgan fingerprint density at radius 2 is 2.11 bits per heavy atom. The van der Waals surface area contributed by atoms with Crippen molar-refractivity contribution >= 4 is 5.69 Å². The predicted octanol–water partition coefficient (Wildman–Crippen LogP) is 2.24. The number of hydrogen-bond acceptors (Lipinski definition) is 4. The number of likely N-dealkylation sites (N-methyl/N-ethyl adjacent to an activating group) is 1. The third kappa shape index (κ3) is 3.34. The fourth-order valence-corrected chi connectivity index (χ4v) is 1.92. The molecule has 1 aromatic carbocycles. The molecule has 2 N–H and O–H groups in total. The van der Waals surface area contributed by atoms with Crippen LogP contribution in [-0.4, -0.2) is 23.6 Å². The molecule has 2 rings (SSSR count). The first-order valence-electron chi connectivity index (χ1n) is 6.09. The first-order valence-corrected chi connectivity index (χ1v) is 6.09. The van der Waals surface area contributed by atoms with E-state index >= 15 is 0 Å². The van der Waals surface area contributed by atoms with Gasteiger partial charge in [0.2, 0.25) is 0 Å². The van der Waals surface area contributed by atoms with Gasteiger partial charge in [-0.05, 0) is 32.0 Å². The molecule has 1 heterocycles. The van der Waals surface area contributed by atoms with Crippen molar-refractivity contribution in [2.75, 3.05) is 19.3 Å². The summed E-state index contributed by atoms with van der Waals surface area (Å²) in [5.74, 6) is 0.853. The number of rotatable bonds is 5. The van der Waals surface area contributed by atoms with E-state index < -0.39 is 0 Å². The average Bonchev–Trinajstić information content (AvgIpc) is 2.74. The lowest BCUT2D eigenvalue weighted by molar-refractivity contribution is 0.312. The summed E-state index contributed by atoms with van der Waals surface area (Å²) in [6.07, 6.45) is 0.944. The fraction of sp³-hybridized carbons (Fsp3) is 0.357. The molecule has 0 atom stereocenters. The zero-order valence-corrected chi connectivity index (χ0v) is 10.9. The zero-order valence-electron chi connectivity index (χ0n) is 10.9. The largest absolute Gasteiger partial charge is 0.399 e. The highest BCUT2D eigenvalue weighted by molar-refractivity contribution is 5.46. The number of benzene rings is 1. The van der Waals surface area contributed by atoms with Crippen molar-refractivity contribution in [1.29, 1.82) is 0 Å². The van der Waals surface area contributed by atoms with Gasteiger partial charge in [-0.1, -0.05) is 23.4 Å². The number of para-hydroxylation sites is 1. The molecule has 0 fully saturated rings. The van der Waals surface area contributed by atoms with Gasteiger partial charge in [0.1, 0.15) is 5.76 Å². The minimum absolute atomic E-state index is 0.796. The summed E-state index contributed by atoms with van der Waals surface area (Å²) >= 11 is 0. The van der Waals surface area contributed by atoms with E-state index in [2.05, 4.69) is 23.2 Å². The third-order valence-corrected chi connectivity index (χ3v) is 2.93. The van der Waals surface area contributed by atoms with Gasteiger partial charge in [0.05, 0.1) is 5.69 Å². The van der Waals surface area contributed by atoms with Crippen LogP contribution in [0.5, 0.6) is 0 Å². The highest BCUT2D eigenvalue weighted by atomic mass is 16.5. The van der Waals surface area contributed by atoms with E-state index in [0.29, 0.717) is 0 Å². The Bertz CT molecular complexity index is 507. The van der Waals surface area contributed by atoms with Crippen LogP contribution in [0.2, 0.25) is 0 Å². The molecule has 0 aliphatic rings. The number of aromatic nitrogens is 1. The standard InChI is InChI=1S/C14H19N3O/c1-11-9-13(16-18-11)10-17(2)8-7-12-5-3-4-6-14(12)15/h3-6,9H,7-8,10,15H2,1-2H3. The van der Waals surface area contributed by atoms with Crippen LogP contribution in [0.25, 0.3) is 0 Å². The lowest BCUT2D eigenvalue weighted by Gasteiger charge is -2.15.